The highest BCUT2D eigenvalue weighted by Crippen LogP contribution is 2.24. The zero-order valence-corrected chi connectivity index (χ0v) is 14.2. The van der Waals surface area contributed by atoms with Gasteiger partial charge >= 0.3 is 0 Å². The molecule has 0 aliphatic rings. The van der Waals surface area contributed by atoms with Gasteiger partial charge in [0.2, 0.25) is 10.0 Å². The molecule has 23 heavy (non-hydrogen) atoms. The van der Waals surface area contributed by atoms with Gasteiger partial charge in [-0.2, -0.15) is 0 Å². The van der Waals surface area contributed by atoms with Gasteiger partial charge in [-0.25, -0.2) is 12.7 Å². The van der Waals surface area contributed by atoms with Crippen LogP contribution in [0.2, 0.25) is 0 Å². The molecular weight excluding hydrogens is 310 g/mol. The molecule has 0 aromatic heterocycles. The lowest BCUT2D eigenvalue weighted by atomic mass is 9.93. The van der Waals surface area contributed by atoms with Crippen molar-refractivity contribution in [1.82, 2.24) is 4.31 Å². The number of hydrogen-bond donors (Lipinski definition) is 0. The molecule has 2 aromatic rings. The predicted molar refractivity (Wildman–Crippen MR) is 92.0 cm³/mol. The minimum Gasteiger partial charge on any atom is -0.294 e. The van der Waals surface area contributed by atoms with Crippen molar-refractivity contribution >= 4 is 15.8 Å². The van der Waals surface area contributed by atoms with Crippen LogP contribution in [0.1, 0.15) is 28.3 Å². The lowest BCUT2D eigenvalue weighted by Crippen LogP contribution is -2.29. The minimum absolute atomic E-state index is 0.0478. The van der Waals surface area contributed by atoms with Gasteiger partial charge in [0.25, 0.3) is 0 Å². The van der Waals surface area contributed by atoms with Gasteiger partial charge < -0.3 is 0 Å². The summed E-state index contributed by atoms with van der Waals surface area (Å²) in [6.45, 7) is 0. The molecule has 0 saturated carbocycles. The molecule has 0 spiro atoms. The van der Waals surface area contributed by atoms with E-state index in [4.69, 9.17) is 0 Å². The third kappa shape index (κ3) is 4.74. The average Bonchev–Trinajstić information content (AvgIpc) is 2.55. The maximum atomic E-state index is 12.5. The third-order valence-corrected chi connectivity index (χ3v) is 5.70. The van der Waals surface area contributed by atoms with Gasteiger partial charge in [-0.3, -0.25) is 4.79 Å². The van der Waals surface area contributed by atoms with Crippen LogP contribution in [0.15, 0.2) is 60.7 Å². The molecule has 2 aromatic carbocycles. The van der Waals surface area contributed by atoms with Gasteiger partial charge in [0.1, 0.15) is 0 Å². The zero-order chi connectivity index (χ0) is 16.9. The lowest BCUT2D eigenvalue weighted by molar-refractivity contribution is 0.0976. The molecule has 0 aliphatic carbocycles. The summed E-state index contributed by atoms with van der Waals surface area (Å²) in [4.78, 5) is 12.5. The molecule has 0 heterocycles. The van der Waals surface area contributed by atoms with Gasteiger partial charge in [0.15, 0.2) is 5.78 Å². The molecule has 0 aliphatic heterocycles. The Bertz CT molecular complexity index is 740. The Morgan fingerprint density at radius 2 is 1.48 bits per heavy atom. The minimum atomic E-state index is -3.39. The van der Waals surface area contributed by atoms with Crippen molar-refractivity contribution in [3.05, 3.63) is 71.8 Å². The first-order valence-electron chi connectivity index (χ1n) is 7.43. The number of ketones is 1. The first-order valence-corrected chi connectivity index (χ1v) is 9.04. The first-order chi connectivity index (χ1) is 10.9. The van der Waals surface area contributed by atoms with E-state index >= 15 is 0 Å². The van der Waals surface area contributed by atoms with Crippen molar-refractivity contribution in [3.63, 3.8) is 0 Å². The van der Waals surface area contributed by atoms with Crippen LogP contribution in [0.3, 0.4) is 0 Å². The highest BCUT2D eigenvalue weighted by atomic mass is 32.2. The first kappa shape index (κ1) is 17.4. The molecule has 1 unspecified atom stereocenters. The molecule has 0 amide bonds. The summed E-state index contributed by atoms with van der Waals surface area (Å²) in [6.07, 6.45) is 0.168. The largest absolute Gasteiger partial charge is 0.294 e. The van der Waals surface area contributed by atoms with Crippen LogP contribution in [-0.4, -0.2) is 38.4 Å². The van der Waals surface area contributed by atoms with Crippen LogP contribution < -0.4 is 0 Å². The van der Waals surface area contributed by atoms with Crippen molar-refractivity contribution in [2.45, 2.75) is 12.3 Å². The summed E-state index contributed by atoms with van der Waals surface area (Å²) in [6, 6.07) is 18.3. The summed E-state index contributed by atoms with van der Waals surface area (Å²) in [7, 11) is -0.372. The average molecular weight is 331 g/mol. The number of sulfonamides is 1. The van der Waals surface area contributed by atoms with Crippen LogP contribution in [0.5, 0.6) is 0 Å². The number of benzene rings is 2. The summed E-state index contributed by atoms with van der Waals surface area (Å²) < 4.78 is 25.7. The Morgan fingerprint density at radius 1 is 0.957 bits per heavy atom. The van der Waals surface area contributed by atoms with Crippen molar-refractivity contribution in [3.8, 4) is 0 Å². The topological polar surface area (TPSA) is 54.5 Å². The number of Topliss-reactive ketones (excluding diaryl/α,β-unsaturated/α-hetero) is 1. The molecule has 1 atom stereocenters. The standard InChI is InChI=1S/C18H21NO3S/c1-19(2)23(21,22)14-17(15-9-5-3-6-10-15)13-18(20)16-11-7-4-8-12-16/h3-12,17H,13-14H2,1-2H3. The van der Waals surface area contributed by atoms with Gasteiger partial charge in [0.05, 0.1) is 5.75 Å². The highest BCUT2D eigenvalue weighted by Gasteiger charge is 2.25. The number of hydrogen-bond acceptors (Lipinski definition) is 3. The summed E-state index contributed by atoms with van der Waals surface area (Å²) in [5, 5.41) is 0. The Kier molecular flexibility index (Phi) is 5.69. The summed E-state index contributed by atoms with van der Waals surface area (Å²) in [5.41, 5.74) is 1.47. The SMILES string of the molecule is CN(C)S(=O)(=O)CC(CC(=O)c1ccccc1)c1ccccc1. The summed E-state index contributed by atoms with van der Waals surface area (Å²) in [5.74, 6) is -0.493. The molecule has 0 saturated heterocycles. The van der Waals surface area contributed by atoms with E-state index in [1.165, 1.54) is 18.4 Å². The van der Waals surface area contributed by atoms with Gasteiger partial charge in [0, 0.05) is 32.0 Å². The van der Waals surface area contributed by atoms with Crippen LogP contribution >= 0.6 is 0 Å². The quantitative estimate of drug-likeness (QED) is 0.733. The van der Waals surface area contributed by atoms with Gasteiger partial charge in [-0.1, -0.05) is 60.7 Å². The van der Waals surface area contributed by atoms with E-state index in [1.807, 2.05) is 36.4 Å². The highest BCUT2D eigenvalue weighted by molar-refractivity contribution is 7.89. The molecule has 0 fully saturated rings. The van der Waals surface area contributed by atoms with E-state index in [9.17, 15) is 13.2 Å². The second kappa shape index (κ2) is 7.53. The van der Waals surface area contributed by atoms with Crippen molar-refractivity contribution in [2.24, 2.45) is 0 Å². The molecule has 0 radical (unpaired) electrons. The second-order valence-electron chi connectivity index (χ2n) is 5.66. The monoisotopic (exact) mass is 331 g/mol. The lowest BCUT2D eigenvalue weighted by Gasteiger charge is -2.19. The molecule has 0 N–H and O–H groups in total. The van der Waals surface area contributed by atoms with E-state index in [1.54, 1.807) is 24.3 Å². The maximum Gasteiger partial charge on any atom is 0.214 e. The van der Waals surface area contributed by atoms with E-state index in [0.29, 0.717) is 5.56 Å². The summed E-state index contributed by atoms with van der Waals surface area (Å²) >= 11 is 0. The Balaban J connectivity index is 2.26. The second-order valence-corrected chi connectivity index (χ2v) is 7.89. The smallest absolute Gasteiger partial charge is 0.214 e. The number of carbonyl (C=O) groups is 1. The maximum absolute atomic E-state index is 12.5. The van der Waals surface area contributed by atoms with Crippen molar-refractivity contribution in [1.29, 1.82) is 0 Å². The van der Waals surface area contributed by atoms with Gasteiger partial charge in [-0.05, 0) is 5.56 Å². The molecule has 2 rings (SSSR count). The molecule has 4 nitrogen and oxygen atoms in total. The van der Waals surface area contributed by atoms with E-state index in [2.05, 4.69) is 0 Å². The fraction of sp³-hybridized carbons (Fsp3) is 0.278. The Morgan fingerprint density at radius 3 is 2.00 bits per heavy atom. The zero-order valence-electron chi connectivity index (χ0n) is 13.3. The molecular formula is C18H21NO3S. The fourth-order valence-electron chi connectivity index (χ4n) is 2.37. The van der Waals surface area contributed by atoms with Crippen molar-refractivity contribution < 1.29 is 13.2 Å². The third-order valence-electron chi connectivity index (χ3n) is 3.77. The number of rotatable bonds is 7. The van der Waals surface area contributed by atoms with Crippen LogP contribution in [0.4, 0.5) is 0 Å². The fourth-order valence-corrected chi connectivity index (χ4v) is 3.48. The van der Waals surface area contributed by atoms with Crippen molar-refractivity contribution in [2.75, 3.05) is 19.8 Å². The molecule has 0 bridgehead atoms. The number of nitrogens with zero attached hydrogens (tertiary/aromatic N) is 1. The molecule has 5 heteroatoms. The van der Waals surface area contributed by atoms with E-state index < -0.39 is 10.0 Å². The Labute approximate surface area is 137 Å². The van der Waals surface area contributed by atoms with E-state index in [0.717, 1.165) is 5.56 Å². The predicted octanol–water partition coefficient (Wildman–Crippen LogP) is 2.93. The normalized spacial score (nSPS) is 13.0. The van der Waals surface area contributed by atoms with Crippen LogP contribution in [0, 0.1) is 0 Å². The van der Waals surface area contributed by atoms with E-state index in [-0.39, 0.29) is 23.9 Å². The number of carbonyl (C=O) groups excluding carboxylic acids is 1. The molecule has 122 valence electrons. The Hall–Kier alpha value is -1.98. The van der Waals surface area contributed by atoms with Crippen LogP contribution in [-0.2, 0) is 10.0 Å². The van der Waals surface area contributed by atoms with Gasteiger partial charge in [-0.15, -0.1) is 0 Å². The van der Waals surface area contributed by atoms with Crippen LogP contribution in [0.25, 0.3) is 0 Å².